The lowest BCUT2D eigenvalue weighted by molar-refractivity contribution is -0.137. The predicted molar refractivity (Wildman–Crippen MR) is 98.6 cm³/mol. The Kier molecular flexibility index (Phi) is 6.16. The highest BCUT2D eigenvalue weighted by Gasteiger charge is 2.30. The van der Waals surface area contributed by atoms with Crippen molar-refractivity contribution < 1.29 is 18.0 Å². The Hall–Kier alpha value is -2.24. The van der Waals surface area contributed by atoms with Gasteiger partial charge in [-0.25, -0.2) is 0 Å². The van der Waals surface area contributed by atoms with Crippen LogP contribution in [-0.2, 0) is 17.4 Å². The molecule has 0 saturated carbocycles. The molecule has 0 heterocycles. The monoisotopic (exact) mass is 359 g/mol. The fourth-order valence-electron chi connectivity index (χ4n) is 2.61. The number of alkyl halides is 3. The molecule has 0 fully saturated rings. The van der Waals surface area contributed by atoms with E-state index in [9.17, 15) is 18.0 Å². The molecule has 2 nitrogen and oxygen atoms in total. The number of anilines is 1. The number of nitrogens with zero attached hydrogens (tertiary/aromatic N) is 1. The number of halogens is 3. The van der Waals surface area contributed by atoms with Crippen LogP contribution in [0.3, 0.4) is 0 Å². The first-order chi connectivity index (χ1) is 12.1. The van der Waals surface area contributed by atoms with E-state index in [0.717, 1.165) is 34.5 Å². The summed E-state index contributed by atoms with van der Waals surface area (Å²) in [4.78, 5) is 14.1. The minimum absolute atomic E-state index is 0.222. The zero-order valence-electron chi connectivity index (χ0n) is 15.1. The number of hydrogen-bond donors (Lipinski definition) is 0. The second-order valence-electron chi connectivity index (χ2n) is 6.49. The molecule has 0 aliphatic heterocycles. The Labute approximate surface area is 153 Å². The molecule has 2 aromatic rings. The van der Waals surface area contributed by atoms with Crippen LogP contribution in [0.15, 0.2) is 42.5 Å². The van der Waals surface area contributed by atoms with E-state index in [-0.39, 0.29) is 5.91 Å². The minimum atomic E-state index is -4.35. The lowest BCUT2D eigenvalue weighted by atomic mass is 9.88. The van der Waals surface area contributed by atoms with Crippen molar-refractivity contribution in [1.82, 2.24) is 0 Å². The Balaban J connectivity index is 2.19. The van der Waals surface area contributed by atoms with E-state index in [4.69, 9.17) is 7.85 Å². The quantitative estimate of drug-likeness (QED) is 0.697. The predicted octanol–water partition coefficient (Wildman–Crippen LogP) is 4.87. The zero-order valence-corrected chi connectivity index (χ0v) is 15.1. The summed E-state index contributed by atoms with van der Waals surface area (Å²) in [5, 5.41) is 0. The molecule has 1 amide bonds. The van der Waals surface area contributed by atoms with E-state index in [2.05, 4.69) is 0 Å². The van der Waals surface area contributed by atoms with Crippen LogP contribution in [0.5, 0.6) is 0 Å². The first kappa shape index (κ1) is 20.1. The van der Waals surface area contributed by atoms with Gasteiger partial charge in [-0.15, -0.1) is 0 Å². The fraction of sp³-hybridized carbons (Fsp3) is 0.350. The third-order valence-corrected chi connectivity index (χ3v) is 4.36. The van der Waals surface area contributed by atoms with Crippen molar-refractivity contribution in [3.05, 3.63) is 64.7 Å². The zero-order chi connectivity index (χ0) is 19.5. The van der Waals surface area contributed by atoms with Gasteiger partial charge in [0.25, 0.3) is 0 Å². The van der Waals surface area contributed by atoms with Gasteiger partial charge in [0.05, 0.1) is 13.4 Å². The van der Waals surface area contributed by atoms with Crippen LogP contribution in [0.1, 0.15) is 29.2 Å². The summed E-state index contributed by atoms with van der Waals surface area (Å²) in [6.07, 6.45) is -3.92. The highest BCUT2D eigenvalue weighted by atomic mass is 19.4. The highest BCUT2D eigenvalue weighted by molar-refractivity contribution is 6.26. The van der Waals surface area contributed by atoms with Crippen molar-refractivity contribution in [2.75, 3.05) is 11.4 Å². The number of aryl methyl sites for hydroxylation is 2. The Bertz CT molecular complexity index is 770. The lowest BCUT2D eigenvalue weighted by Gasteiger charge is -2.26. The summed E-state index contributed by atoms with van der Waals surface area (Å²) in [5.41, 5.74) is 2.95. The molecular formula is C20H21BF3NO. The van der Waals surface area contributed by atoms with Gasteiger partial charge in [-0.3, -0.25) is 4.79 Å². The summed E-state index contributed by atoms with van der Waals surface area (Å²) < 4.78 is 38.0. The molecule has 0 N–H and O–H groups in total. The van der Waals surface area contributed by atoms with Gasteiger partial charge in [0.1, 0.15) is 0 Å². The van der Waals surface area contributed by atoms with Gasteiger partial charge < -0.3 is 4.90 Å². The number of carbonyl (C=O) groups is 1. The second kappa shape index (κ2) is 7.98. The van der Waals surface area contributed by atoms with Gasteiger partial charge >= 0.3 is 6.18 Å². The molecule has 1 atom stereocenters. The Morgan fingerprint density at radius 1 is 1.08 bits per heavy atom. The van der Waals surface area contributed by atoms with Crippen molar-refractivity contribution in [2.24, 2.45) is 0 Å². The van der Waals surface area contributed by atoms with Gasteiger partial charge in [-0.1, -0.05) is 25.1 Å². The maximum Gasteiger partial charge on any atom is 0.416 e. The van der Waals surface area contributed by atoms with Crippen LogP contribution >= 0.6 is 0 Å². The highest BCUT2D eigenvalue weighted by Crippen LogP contribution is 2.29. The molecule has 2 rings (SSSR count). The number of amides is 1. The maximum absolute atomic E-state index is 12.7. The van der Waals surface area contributed by atoms with Crippen LogP contribution in [0.2, 0.25) is 5.82 Å². The van der Waals surface area contributed by atoms with E-state index >= 15 is 0 Å². The first-order valence-corrected chi connectivity index (χ1v) is 8.40. The molecule has 0 aliphatic carbocycles. The van der Waals surface area contributed by atoms with E-state index in [1.165, 1.54) is 12.1 Å². The average molecular weight is 359 g/mol. The summed E-state index contributed by atoms with van der Waals surface area (Å²) in [5.74, 6) is -0.885. The van der Waals surface area contributed by atoms with Crippen molar-refractivity contribution in [1.29, 1.82) is 0 Å². The number of hydrogen-bond acceptors (Lipinski definition) is 1. The molecule has 0 aromatic heterocycles. The minimum Gasteiger partial charge on any atom is -0.313 e. The van der Waals surface area contributed by atoms with E-state index in [0.29, 0.717) is 13.0 Å². The van der Waals surface area contributed by atoms with Crippen LogP contribution in [0, 0.1) is 13.8 Å². The number of carbonyl (C=O) groups excluding carboxylic acids is 1. The molecule has 0 spiro atoms. The molecule has 2 aromatic carbocycles. The van der Waals surface area contributed by atoms with Gasteiger partial charge in [0, 0.05) is 12.2 Å². The van der Waals surface area contributed by atoms with Crippen molar-refractivity contribution in [3.8, 4) is 0 Å². The first-order valence-electron chi connectivity index (χ1n) is 8.40. The van der Waals surface area contributed by atoms with Crippen molar-refractivity contribution in [2.45, 2.75) is 39.2 Å². The summed E-state index contributed by atoms with van der Waals surface area (Å²) in [6.45, 7) is 5.91. The third kappa shape index (κ3) is 4.90. The molecule has 2 radical (unpaired) electrons. The second-order valence-corrected chi connectivity index (χ2v) is 6.49. The maximum atomic E-state index is 12.7. The normalized spacial score (nSPS) is 12.7. The standard InChI is InChI=1S/C20H21BF3NO/c1-13-4-9-18(12-14(13)2)25(19(26)15(3)21)11-10-16-5-7-17(8-6-16)20(22,23)24/h4-9,12,15H,10-11H2,1-3H3. The summed E-state index contributed by atoms with van der Waals surface area (Å²) in [6, 6.07) is 10.7. The van der Waals surface area contributed by atoms with Crippen molar-refractivity contribution in [3.63, 3.8) is 0 Å². The molecule has 0 bridgehead atoms. The molecular weight excluding hydrogens is 338 g/mol. The van der Waals surface area contributed by atoms with Crippen LogP contribution in [-0.4, -0.2) is 20.3 Å². The largest absolute Gasteiger partial charge is 0.416 e. The molecule has 136 valence electrons. The Morgan fingerprint density at radius 2 is 1.69 bits per heavy atom. The molecule has 0 saturated heterocycles. The summed E-state index contributed by atoms with van der Waals surface area (Å²) >= 11 is 0. The number of rotatable bonds is 5. The smallest absolute Gasteiger partial charge is 0.313 e. The van der Waals surface area contributed by atoms with E-state index in [1.807, 2.05) is 32.0 Å². The van der Waals surface area contributed by atoms with Crippen LogP contribution < -0.4 is 4.90 Å². The molecule has 26 heavy (non-hydrogen) atoms. The lowest BCUT2D eigenvalue weighted by Crippen LogP contribution is -2.35. The van der Waals surface area contributed by atoms with Gasteiger partial charge in [-0.2, -0.15) is 13.2 Å². The van der Waals surface area contributed by atoms with Gasteiger partial charge in [-0.05, 0) is 67.0 Å². The number of benzene rings is 2. The van der Waals surface area contributed by atoms with Crippen LogP contribution in [0.4, 0.5) is 18.9 Å². The van der Waals surface area contributed by atoms with Crippen molar-refractivity contribution >= 4 is 19.4 Å². The third-order valence-electron chi connectivity index (χ3n) is 4.36. The molecule has 1 unspecified atom stereocenters. The molecule has 6 heteroatoms. The van der Waals surface area contributed by atoms with E-state index < -0.39 is 17.6 Å². The van der Waals surface area contributed by atoms with Gasteiger partial charge in [0.15, 0.2) is 0 Å². The Morgan fingerprint density at radius 3 is 2.19 bits per heavy atom. The van der Waals surface area contributed by atoms with Crippen LogP contribution in [0.25, 0.3) is 0 Å². The summed E-state index contributed by atoms with van der Waals surface area (Å²) in [7, 11) is 5.76. The average Bonchev–Trinajstić information content (AvgIpc) is 2.57. The van der Waals surface area contributed by atoms with Gasteiger partial charge in [0.2, 0.25) is 5.91 Å². The van der Waals surface area contributed by atoms with E-state index in [1.54, 1.807) is 11.8 Å². The SMILES string of the molecule is [B]C(C)C(=O)N(CCc1ccc(C(F)(F)F)cc1)c1ccc(C)c(C)c1. The topological polar surface area (TPSA) is 20.3 Å². The molecule has 0 aliphatic rings. The fourth-order valence-corrected chi connectivity index (χ4v) is 2.61.